The van der Waals surface area contributed by atoms with Crippen LogP contribution in [0, 0.1) is 11.8 Å². The zero-order chi connectivity index (χ0) is 11.7. The van der Waals surface area contributed by atoms with E-state index in [-0.39, 0.29) is 5.38 Å². The molecule has 0 bridgehead atoms. The summed E-state index contributed by atoms with van der Waals surface area (Å²) >= 11 is 20.0. The van der Waals surface area contributed by atoms with E-state index in [1.54, 1.807) is 0 Å². The minimum Gasteiger partial charge on any atom is -0.117 e. The Bertz CT molecular complexity index is 353. The van der Waals surface area contributed by atoms with E-state index < -0.39 is 0 Å². The first-order chi connectivity index (χ1) is 7.58. The molecular weight excluding hydrogens is 283 g/mol. The highest BCUT2D eigenvalue weighted by molar-refractivity contribution is 7.20. The van der Waals surface area contributed by atoms with Crippen LogP contribution in [0.3, 0.4) is 0 Å². The molecule has 1 aliphatic rings. The van der Waals surface area contributed by atoms with Gasteiger partial charge in [0.1, 0.15) is 0 Å². The van der Waals surface area contributed by atoms with Crippen LogP contribution in [-0.4, -0.2) is 0 Å². The van der Waals surface area contributed by atoms with Gasteiger partial charge in [0.05, 0.1) is 14.0 Å². The van der Waals surface area contributed by atoms with E-state index in [2.05, 4.69) is 6.92 Å². The van der Waals surface area contributed by atoms with Crippen LogP contribution in [0.15, 0.2) is 6.07 Å². The fraction of sp³-hybridized carbons (Fsp3) is 0.667. The molecule has 1 heterocycles. The second kappa shape index (κ2) is 5.48. The van der Waals surface area contributed by atoms with Gasteiger partial charge in [-0.15, -0.1) is 22.9 Å². The van der Waals surface area contributed by atoms with Gasteiger partial charge in [-0.2, -0.15) is 0 Å². The van der Waals surface area contributed by atoms with Crippen molar-refractivity contribution in [2.75, 3.05) is 0 Å². The second-order valence-electron chi connectivity index (χ2n) is 4.70. The van der Waals surface area contributed by atoms with Crippen LogP contribution in [0.25, 0.3) is 0 Å². The number of alkyl halides is 1. The zero-order valence-electron chi connectivity index (χ0n) is 9.18. The summed E-state index contributed by atoms with van der Waals surface area (Å²) < 4.78 is 1.48. The maximum absolute atomic E-state index is 6.51. The quantitative estimate of drug-likeness (QED) is 0.573. The van der Waals surface area contributed by atoms with Crippen molar-refractivity contribution in [1.29, 1.82) is 0 Å². The highest BCUT2D eigenvalue weighted by Gasteiger charge is 2.28. The van der Waals surface area contributed by atoms with Crippen LogP contribution >= 0.6 is 46.1 Å². The molecular formula is C12H15Cl3S. The van der Waals surface area contributed by atoms with Crippen LogP contribution in [0.4, 0.5) is 0 Å². The standard InChI is InChI=1S/C12H15Cl3S/c1-7-2-4-8(5-3-7)11(14)9-6-10(13)16-12(9)15/h6-8,11H,2-5H2,1H3. The van der Waals surface area contributed by atoms with Gasteiger partial charge in [0.15, 0.2) is 0 Å². The second-order valence-corrected chi connectivity index (χ2v) is 7.46. The molecule has 4 heteroatoms. The average Bonchev–Trinajstić information content (AvgIpc) is 2.58. The molecule has 1 aromatic heterocycles. The summed E-state index contributed by atoms with van der Waals surface area (Å²) in [6.07, 6.45) is 4.98. The Morgan fingerprint density at radius 2 is 1.88 bits per heavy atom. The number of hydrogen-bond donors (Lipinski definition) is 0. The lowest BCUT2D eigenvalue weighted by Crippen LogP contribution is -2.16. The first-order valence-corrected chi connectivity index (χ1v) is 7.67. The molecule has 2 rings (SSSR count). The molecule has 1 fully saturated rings. The van der Waals surface area contributed by atoms with Crippen molar-refractivity contribution in [3.05, 3.63) is 20.3 Å². The van der Waals surface area contributed by atoms with Crippen LogP contribution in [0.2, 0.25) is 8.67 Å². The fourth-order valence-corrected chi connectivity index (χ4v) is 4.47. The number of halogens is 3. The molecule has 1 saturated carbocycles. The third-order valence-corrected chi connectivity index (χ3v) is 5.56. The van der Waals surface area contributed by atoms with Gasteiger partial charge in [-0.3, -0.25) is 0 Å². The van der Waals surface area contributed by atoms with Crippen LogP contribution in [-0.2, 0) is 0 Å². The molecule has 0 saturated heterocycles. The maximum atomic E-state index is 6.51. The topological polar surface area (TPSA) is 0 Å². The van der Waals surface area contributed by atoms with E-state index in [9.17, 15) is 0 Å². The molecule has 1 aromatic rings. The Balaban J connectivity index is 2.07. The molecule has 1 atom stereocenters. The lowest BCUT2D eigenvalue weighted by Gasteiger charge is -2.29. The van der Waals surface area contributed by atoms with E-state index >= 15 is 0 Å². The lowest BCUT2D eigenvalue weighted by atomic mass is 9.80. The average molecular weight is 298 g/mol. The first-order valence-electron chi connectivity index (χ1n) is 5.66. The summed E-state index contributed by atoms with van der Waals surface area (Å²) in [5.41, 5.74) is 1.03. The van der Waals surface area contributed by atoms with E-state index in [0.29, 0.717) is 5.92 Å². The molecule has 0 aromatic carbocycles. The molecule has 0 aliphatic heterocycles. The smallest absolute Gasteiger partial charge is 0.0991 e. The Morgan fingerprint density at radius 1 is 1.25 bits per heavy atom. The predicted octanol–water partition coefficient (Wildman–Crippen LogP) is 6.16. The van der Waals surface area contributed by atoms with Gasteiger partial charge in [0, 0.05) is 5.56 Å². The molecule has 1 unspecified atom stereocenters. The van der Waals surface area contributed by atoms with E-state index in [4.69, 9.17) is 34.8 Å². The van der Waals surface area contributed by atoms with Crippen LogP contribution in [0.1, 0.15) is 43.5 Å². The minimum absolute atomic E-state index is 0.0312. The summed E-state index contributed by atoms with van der Waals surface area (Å²) in [6.45, 7) is 2.31. The van der Waals surface area contributed by atoms with E-state index in [1.807, 2.05) is 6.07 Å². The van der Waals surface area contributed by atoms with Gasteiger partial charge in [0.25, 0.3) is 0 Å². The monoisotopic (exact) mass is 296 g/mol. The molecule has 90 valence electrons. The van der Waals surface area contributed by atoms with Crippen molar-refractivity contribution in [3.8, 4) is 0 Å². The number of rotatable bonds is 2. The van der Waals surface area contributed by atoms with Gasteiger partial charge in [-0.1, -0.05) is 43.0 Å². The highest BCUT2D eigenvalue weighted by atomic mass is 35.5. The highest BCUT2D eigenvalue weighted by Crippen LogP contribution is 2.45. The van der Waals surface area contributed by atoms with Gasteiger partial charge in [-0.25, -0.2) is 0 Å². The van der Waals surface area contributed by atoms with Crippen molar-refractivity contribution in [2.45, 2.75) is 38.0 Å². The largest absolute Gasteiger partial charge is 0.117 e. The summed E-state index contributed by atoms with van der Waals surface area (Å²) in [5.74, 6) is 1.41. The molecule has 0 N–H and O–H groups in total. The van der Waals surface area contributed by atoms with Gasteiger partial charge < -0.3 is 0 Å². The Kier molecular flexibility index (Phi) is 4.45. The summed E-state index contributed by atoms with van der Waals surface area (Å²) in [6, 6.07) is 1.92. The van der Waals surface area contributed by atoms with Gasteiger partial charge in [0.2, 0.25) is 0 Å². The molecule has 0 radical (unpaired) electrons. The minimum atomic E-state index is 0.0312. The number of thiophene rings is 1. The van der Waals surface area contributed by atoms with Crippen molar-refractivity contribution in [1.82, 2.24) is 0 Å². The molecule has 0 spiro atoms. The normalized spacial score (nSPS) is 28.0. The third-order valence-electron chi connectivity index (χ3n) is 3.45. The Labute approximate surface area is 116 Å². The van der Waals surface area contributed by atoms with Crippen molar-refractivity contribution in [3.63, 3.8) is 0 Å². The molecule has 0 nitrogen and oxygen atoms in total. The molecule has 1 aliphatic carbocycles. The van der Waals surface area contributed by atoms with Crippen molar-refractivity contribution >= 4 is 46.1 Å². The maximum Gasteiger partial charge on any atom is 0.0991 e. The first kappa shape index (κ1) is 13.0. The summed E-state index contributed by atoms with van der Waals surface area (Å²) in [7, 11) is 0. The van der Waals surface area contributed by atoms with E-state index in [0.717, 1.165) is 20.2 Å². The predicted molar refractivity (Wildman–Crippen MR) is 74.1 cm³/mol. The molecule has 16 heavy (non-hydrogen) atoms. The molecule has 0 amide bonds. The SMILES string of the molecule is CC1CCC(C(Cl)c2cc(Cl)sc2Cl)CC1. The fourth-order valence-electron chi connectivity index (χ4n) is 2.37. The third kappa shape index (κ3) is 2.87. The van der Waals surface area contributed by atoms with Crippen LogP contribution in [0.5, 0.6) is 0 Å². The zero-order valence-corrected chi connectivity index (χ0v) is 12.3. The van der Waals surface area contributed by atoms with Crippen molar-refractivity contribution in [2.24, 2.45) is 11.8 Å². The van der Waals surface area contributed by atoms with Gasteiger partial charge >= 0.3 is 0 Å². The van der Waals surface area contributed by atoms with Crippen LogP contribution < -0.4 is 0 Å². The van der Waals surface area contributed by atoms with E-state index in [1.165, 1.54) is 37.0 Å². The lowest BCUT2D eigenvalue weighted by molar-refractivity contribution is 0.283. The number of hydrogen-bond acceptors (Lipinski definition) is 1. The van der Waals surface area contributed by atoms with Gasteiger partial charge in [-0.05, 0) is 30.7 Å². The van der Waals surface area contributed by atoms with Crippen molar-refractivity contribution < 1.29 is 0 Å². The summed E-state index contributed by atoms with van der Waals surface area (Å²) in [4.78, 5) is 0. The Hall–Kier alpha value is 0.570. The summed E-state index contributed by atoms with van der Waals surface area (Å²) in [5, 5.41) is 0.0312. The Morgan fingerprint density at radius 3 is 2.38 bits per heavy atom.